The van der Waals surface area contributed by atoms with Crippen molar-refractivity contribution in [1.82, 2.24) is 0 Å². The lowest BCUT2D eigenvalue weighted by atomic mass is 10.2. The van der Waals surface area contributed by atoms with Gasteiger partial charge in [0.15, 0.2) is 0 Å². The van der Waals surface area contributed by atoms with E-state index in [0.717, 1.165) is 11.5 Å². The van der Waals surface area contributed by atoms with E-state index in [9.17, 15) is 0 Å². The second-order valence-corrected chi connectivity index (χ2v) is 6.51. The van der Waals surface area contributed by atoms with Gasteiger partial charge in [-0.25, -0.2) is 0 Å². The molecule has 0 heterocycles. The minimum absolute atomic E-state index is 1.11. The van der Waals surface area contributed by atoms with Crippen molar-refractivity contribution in [3.8, 4) is 0 Å². The predicted octanol–water partition coefficient (Wildman–Crippen LogP) is 4.96. The van der Waals surface area contributed by atoms with E-state index in [1.54, 1.807) is 0 Å². The summed E-state index contributed by atoms with van der Waals surface area (Å²) >= 11 is 7.66. The Balaban J connectivity index is 2.71. The van der Waals surface area contributed by atoms with E-state index in [1.807, 2.05) is 23.5 Å². The highest BCUT2D eigenvalue weighted by Crippen LogP contribution is 2.28. The molecule has 0 saturated heterocycles. The molecule has 15 heavy (non-hydrogen) atoms. The Labute approximate surface area is 110 Å². The molecule has 1 aromatic rings. The van der Waals surface area contributed by atoms with E-state index in [4.69, 9.17) is 0 Å². The summed E-state index contributed by atoms with van der Waals surface area (Å²) in [6.45, 7) is 4.41. The van der Waals surface area contributed by atoms with Gasteiger partial charge in [-0.05, 0) is 22.6 Å². The summed E-state index contributed by atoms with van der Waals surface area (Å²) in [6.07, 6.45) is 0. The summed E-state index contributed by atoms with van der Waals surface area (Å²) in [5.41, 5.74) is 2.85. The van der Waals surface area contributed by atoms with E-state index in [-0.39, 0.29) is 0 Å². The van der Waals surface area contributed by atoms with Crippen LogP contribution < -0.4 is 0 Å². The molecule has 84 valence electrons. The van der Waals surface area contributed by atoms with Crippen molar-refractivity contribution in [3.63, 3.8) is 0 Å². The van der Waals surface area contributed by atoms with Crippen LogP contribution in [0.25, 0.3) is 0 Å². The number of hydrogen-bond acceptors (Lipinski definition) is 2. The molecule has 0 saturated carbocycles. The van der Waals surface area contributed by atoms with Crippen LogP contribution in [0.5, 0.6) is 0 Å². The van der Waals surface area contributed by atoms with Gasteiger partial charge in [-0.15, -0.1) is 0 Å². The van der Waals surface area contributed by atoms with Crippen molar-refractivity contribution in [1.29, 1.82) is 0 Å². The molecule has 0 nitrogen and oxygen atoms in total. The largest absolute Gasteiger partial charge is 0.157 e. The maximum Gasteiger partial charge on any atom is 0.0256 e. The van der Waals surface area contributed by atoms with Gasteiger partial charge < -0.3 is 0 Å². The molecule has 0 fully saturated rings. The van der Waals surface area contributed by atoms with Crippen molar-refractivity contribution in [2.24, 2.45) is 0 Å². The van der Waals surface area contributed by atoms with Crippen LogP contribution in [0.15, 0.2) is 22.7 Å². The lowest BCUT2D eigenvalue weighted by molar-refractivity contribution is 1.28. The normalized spacial score (nSPS) is 10.6. The number of rotatable bonds is 6. The Morgan fingerprint density at radius 1 is 1.00 bits per heavy atom. The molecule has 0 atom stereocenters. The van der Waals surface area contributed by atoms with Crippen molar-refractivity contribution in [2.45, 2.75) is 25.4 Å². The zero-order valence-corrected chi connectivity index (χ0v) is 12.5. The highest BCUT2D eigenvalue weighted by Gasteiger charge is 2.04. The van der Waals surface area contributed by atoms with Crippen molar-refractivity contribution in [2.75, 3.05) is 11.5 Å². The second kappa shape index (κ2) is 7.64. The second-order valence-electron chi connectivity index (χ2n) is 3.16. The molecule has 0 aromatic heterocycles. The van der Waals surface area contributed by atoms with Gasteiger partial charge in [-0.1, -0.05) is 48.0 Å². The third-order valence-electron chi connectivity index (χ3n) is 2.08. The van der Waals surface area contributed by atoms with Gasteiger partial charge in [0.05, 0.1) is 0 Å². The highest BCUT2D eigenvalue weighted by molar-refractivity contribution is 9.10. The van der Waals surface area contributed by atoms with Crippen LogP contribution in [0.4, 0.5) is 0 Å². The van der Waals surface area contributed by atoms with Crippen LogP contribution in [0, 0.1) is 0 Å². The minimum atomic E-state index is 1.11. The van der Waals surface area contributed by atoms with Crippen LogP contribution in [0.2, 0.25) is 0 Å². The summed E-state index contributed by atoms with van der Waals surface area (Å²) in [7, 11) is 0. The SMILES string of the molecule is CCSCc1cccc(CSCC)c1Br. The number of benzene rings is 1. The van der Waals surface area contributed by atoms with Gasteiger partial charge in [0.2, 0.25) is 0 Å². The number of halogens is 1. The first kappa shape index (κ1) is 13.5. The lowest BCUT2D eigenvalue weighted by Gasteiger charge is -2.08. The topological polar surface area (TPSA) is 0 Å². The van der Waals surface area contributed by atoms with Crippen LogP contribution in [-0.4, -0.2) is 11.5 Å². The fraction of sp³-hybridized carbons (Fsp3) is 0.500. The summed E-state index contributed by atoms with van der Waals surface area (Å²) in [4.78, 5) is 0. The van der Waals surface area contributed by atoms with Gasteiger partial charge in [-0.2, -0.15) is 23.5 Å². The van der Waals surface area contributed by atoms with Gasteiger partial charge >= 0.3 is 0 Å². The van der Waals surface area contributed by atoms with E-state index < -0.39 is 0 Å². The Morgan fingerprint density at radius 2 is 1.47 bits per heavy atom. The molecule has 0 spiro atoms. The van der Waals surface area contributed by atoms with E-state index in [0.29, 0.717) is 0 Å². The third-order valence-corrected chi connectivity index (χ3v) is 4.95. The van der Waals surface area contributed by atoms with Gasteiger partial charge in [0.25, 0.3) is 0 Å². The molecule has 1 aromatic carbocycles. The fourth-order valence-corrected chi connectivity index (χ4v) is 3.53. The van der Waals surface area contributed by atoms with Crippen molar-refractivity contribution >= 4 is 39.5 Å². The molecule has 0 aliphatic rings. The Morgan fingerprint density at radius 3 is 1.87 bits per heavy atom. The first-order chi connectivity index (χ1) is 7.29. The van der Waals surface area contributed by atoms with Gasteiger partial charge in [-0.3, -0.25) is 0 Å². The highest BCUT2D eigenvalue weighted by atomic mass is 79.9. The zero-order valence-electron chi connectivity index (χ0n) is 9.25. The molecular weight excluding hydrogens is 288 g/mol. The maximum atomic E-state index is 3.71. The first-order valence-electron chi connectivity index (χ1n) is 5.21. The molecule has 0 N–H and O–H groups in total. The standard InChI is InChI=1S/C12H17BrS2/c1-3-14-8-10-6-5-7-11(12(10)13)9-15-4-2/h5-7H,3-4,8-9H2,1-2H3. The van der Waals surface area contributed by atoms with Gasteiger partial charge in [0, 0.05) is 16.0 Å². The number of thioether (sulfide) groups is 2. The van der Waals surface area contributed by atoms with Crippen molar-refractivity contribution in [3.05, 3.63) is 33.8 Å². The monoisotopic (exact) mass is 304 g/mol. The average molecular weight is 305 g/mol. The van der Waals surface area contributed by atoms with Crippen LogP contribution >= 0.6 is 39.5 Å². The summed E-state index contributed by atoms with van der Waals surface area (Å²) in [5, 5.41) is 0. The van der Waals surface area contributed by atoms with E-state index in [1.165, 1.54) is 27.1 Å². The molecule has 0 unspecified atom stereocenters. The number of hydrogen-bond donors (Lipinski definition) is 0. The zero-order chi connectivity index (χ0) is 11.1. The summed E-state index contributed by atoms with van der Waals surface area (Å²) < 4.78 is 1.31. The molecule has 1 rings (SSSR count). The Bertz CT molecular complexity index is 273. The van der Waals surface area contributed by atoms with E-state index in [2.05, 4.69) is 48.0 Å². The van der Waals surface area contributed by atoms with Crippen LogP contribution in [0.3, 0.4) is 0 Å². The third kappa shape index (κ3) is 4.41. The molecule has 0 amide bonds. The van der Waals surface area contributed by atoms with E-state index >= 15 is 0 Å². The quantitative estimate of drug-likeness (QED) is 0.729. The lowest BCUT2D eigenvalue weighted by Crippen LogP contribution is -1.90. The molecule has 3 heteroatoms. The smallest absolute Gasteiger partial charge is 0.0256 e. The molecular formula is C12H17BrS2. The van der Waals surface area contributed by atoms with Crippen molar-refractivity contribution < 1.29 is 0 Å². The molecule has 0 radical (unpaired) electrons. The maximum absolute atomic E-state index is 3.71. The van der Waals surface area contributed by atoms with Crippen LogP contribution in [-0.2, 0) is 11.5 Å². The minimum Gasteiger partial charge on any atom is -0.157 e. The summed E-state index contributed by atoms with van der Waals surface area (Å²) in [6, 6.07) is 6.60. The molecule has 0 bridgehead atoms. The fourth-order valence-electron chi connectivity index (χ4n) is 1.28. The van der Waals surface area contributed by atoms with Gasteiger partial charge in [0.1, 0.15) is 0 Å². The van der Waals surface area contributed by atoms with Crippen LogP contribution in [0.1, 0.15) is 25.0 Å². The summed E-state index contributed by atoms with van der Waals surface area (Å²) in [5.74, 6) is 4.59. The first-order valence-corrected chi connectivity index (χ1v) is 8.31. The Kier molecular flexibility index (Phi) is 6.86. The Hall–Kier alpha value is 0.400. The molecule has 0 aliphatic carbocycles. The average Bonchev–Trinajstić information content (AvgIpc) is 2.26. The molecule has 0 aliphatic heterocycles. The predicted molar refractivity (Wildman–Crippen MR) is 77.8 cm³/mol.